The Morgan fingerprint density at radius 2 is 2.35 bits per heavy atom. The van der Waals surface area contributed by atoms with Crippen molar-refractivity contribution in [1.29, 1.82) is 0 Å². The van der Waals surface area contributed by atoms with Crippen LogP contribution in [-0.2, 0) is 21.2 Å². The van der Waals surface area contributed by atoms with Crippen molar-refractivity contribution in [3.05, 3.63) is 18.2 Å². The molecular weight excluding hydrogens is 280 g/mol. The van der Waals surface area contributed by atoms with Gasteiger partial charge in [-0.1, -0.05) is 6.42 Å². The van der Waals surface area contributed by atoms with Crippen LogP contribution in [0, 0.1) is 0 Å². The third-order valence-corrected chi connectivity index (χ3v) is 4.72. The minimum atomic E-state index is -3.33. The molecule has 1 unspecified atom stereocenters. The largest absolute Gasteiger partial charge is 0.354 e. The smallest absolute Gasteiger partial charge is 0.238 e. The van der Waals surface area contributed by atoms with Crippen LogP contribution < -0.4 is 5.32 Å². The van der Waals surface area contributed by atoms with E-state index in [1.807, 2.05) is 0 Å². The van der Waals surface area contributed by atoms with E-state index in [0.717, 1.165) is 24.8 Å². The summed E-state index contributed by atoms with van der Waals surface area (Å²) in [4.78, 5) is 19.0. The van der Waals surface area contributed by atoms with Gasteiger partial charge in [0, 0.05) is 31.4 Å². The molecule has 2 heterocycles. The van der Waals surface area contributed by atoms with Crippen LogP contribution >= 0.6 is 0 Å². The van der Waals surface area contributed by atoms with Crippen molar-refractivity contribution in [2.24, 2.45) is 0 Å². The average Bonchev–Trinajstić information content (AvgIpc) is 2.91. The topological polar surface area (TPSA) is 95.2 Å². The fourth-order valence-corrected chi connectivity index (χ4v) is 3.55. The summed E-state index contributed by atoms with van der Waals surface area (Å²) < 4.78 is 24.7. The van der Waals surface area contributed by atoms with Gasteiger partial charge in [-0.2, -0.15) is 4.31 Å². The van der Waals surface area contributed by atoms with Crippen LogP contribution in [0.5, 0.6) is 0 Å². The van der Waals surface area contributed by atoms with Gasteiger partial charge in [0.15, 0.2) is 0 Å². The van der Waals surface area contributed by atoms with E-state index in [9.17, 15) is 13.2 Å². The van der Waals surface area contributed by atoms with E-state index in [1.165, 1.54) is 4.31 Å². The third-order valence-electron chi connectivity index (χ3n) is 3.43. The zero-order valence-corrected chi connectivity index (χ0v) is 12.3. The van der Waals surface area contributed by atoms with Gasteiger partial charge in [0.1, 0.15) is 6.04 Å². The Hall–Kier alpha value is -1.41. The lowest BCUT2D eigenvalue weighted by atomic mass is 10.0. The van der Waals surface area contributed by atoms with Crippen LogP contribution in [0.2, 0.25) is 0 Å². The number of carbonyl (C=O) groups is 1. The van der Waals surface area contributed by atoms with E-state index < -0.39 is 16.1 Å². The number of aromatic nitrogens is 2. The molecule has 1 aromatic rings. The highest BCUT2D eigenvalue weighted by Crippen LogP contribution is 2.19. The van der Waals surface area contributed by atoms with Crippen molar-refractivity contribution in [2.45, 2.75) is 31.7 Å². The van der Waals surface area contributed by atoms with E-state index in [-0.39, 0.29) is 5.91 Å². The first kappa shape index (κ1) is 15.0. The van der Waals surface area contributed by atoms with Crippen molar-refractivity contribution < 1.29 is 13.2 Å². The fraction of sp³-hybridized carbons (Fsp3) is 0.667. The zero-order chi connectivity index (χ0) is 14.6. The Labute approximate surface area is 118 Å². The minimum absolute atomic E-state index is 0.213. The first-order chi connectivity index (χ1) is 9.48. The Kier molecular flexibility index (Phi) is 4.77. The van der Waals surface area contributed by atoms with E-state index >= 15 is 0 Å². The predicted octanol–water partition coefficient (Wildman–Crippen LogP) is -0.117. The third kappa shape index (κ3) is 3.80. The summed E-state index contributed by atoms with van der Waals surface area (Å²) in [7, 11) is -3.33. The van der Waals surface area contributed by atoms with Crippen LogP contribution in [-0.4, -0.2) is 54.0 Å². The van der Waals surface area contributed by atoms with E-state index in [4.69, 9.17) is 0 Å². The van der Waals surface area contributed by atoms with Crippen molar-refractivity contribution >= 4 is 15.9 Å². The monoisotopic (exact) mass is 300 g/mol. The second-order valence-electron chi connectivity index (χ2n) is 5.00. The highest BCUT2D eigenvalue weighted by atomic mass is 32.2. The van der Waals surface area contributed by atoms with Crippen LogP contribution in [0.3, 0.4) is 0 Å². The van der Waals surface area contributed by atoms with Gasteiger partial charge in [-0.25, -0.2) is 13.4 Å². The summed E-state index contributed by atoms with van der Waals surface area (Å²) >= 11 is 0. The maximum Gasteiger partial charge on any atom is 0.238 e. The maximum atomic E-state index is 12.1. The molecule has 1 amide bonds. The summed E-state index contributed by atoms with van der Waals surface area (Å²) in [6, 6.07) is -0.569. The number of hydrogen-bond acceptors (Lipinski definition) is 4. The molecule has 7 nitrogen and oxygen atoms in total. The molecule has 0 bridgehead atoms. The SMILES string of the molecule is CS(=O)(=O)N1CCCCC1C(=O)NCCc1cnc[nH]1. The quantitative estimate of drug-likeness (QED) is 0.792. The fourth-order valence-electron chi connectivity index (χ4n) is 2.42. The predicted molar refractivity (Wildman–Crippen MR) is 74.5 cm³/mol. The summed E-state index contributed by atoms with van der Waals surface area (Å²) in [6.07, 6.45) is 7.37. The molecule has 0 spiro atoms. The van der Waals surface area contributed by atoms with E-state index in [2.05, 4.69) is 15.3 Å². The van der Waals surface area contributed by atoms with Crippen LogP contribution in [0.15, 0.2) is 12.5 Å². The molecule has 2 rings (SSSR count). The number of nitrogens with one attached hydrogen (secondary N) is 2. The van der Waals surface area contributed by atoms with E-state index in [0.29, 0.717) is 25.9 Å². The van der Waals surface area contributed by atoms with Crippen molar-refractivity contribution in [3.8, 4) is 0 Å². The summed E-state index contributed by atoms with van der Waals surface area (Å²) in [6.45, 7) is 0.895. The standard InChI is InChI=1S/C12H20N4O3S/c1-20(18,19)16-7-3-2-4-11(16)12(17)14-6-5-10-8-13-9-15-10/h8-9,11H,2-7H2,1H3,(H,13,15)(H,14,17). The lowest BCUT2D eigenvalue weighted by molar-refractivity contribution is -0.125. The first-order valence-corrected chi connectivity index (χ1v) is 8.55. The number of nitrogens with zero attached hydrogens (tertiary/aromatic N) is 2. The molecule has 1 aliphatic rings. The van der Waals surface area contributed by atoms with Crippen LogP contribution in [0.25, 0.3) is 0 Å². The highest BCUT2D eigenvalue weighted by molar-refractivity contribution is 7.88. The number of imidazole rings is 1. The Morgan fingerprint density at radius 3 is 3.00 bits per heavy atom. The van der Waals surface area contributed by atoms with Gasteiger partial charge < -0.3 is 10.3 Å². The molecule has 1 aromatic heterocycles. The molecule has 112 valence electrons. The maximum absolute atomic E-state index is 12.1. The number of hydrogen-bond donors (Lipinski definition) is 2. The number of rotatable bonds is 5. The molecule has 0 aromatic carbocycles. The number of amides is 1. The first-order valence-electron chi connectivity index (χ1n) is 6.70. The number of H-pyrrole nitrogens is 1. The number of aromatic amines is 1. The molecule has 2 N–H and O–H groups in total. The number of carbonyl (C=O) groups excluding carboxylic acids is 1. The van der Waals surface area contributed by atoms with Crippen LogP contribution in [0.4, 0.5) is 0 Å². The summed E-state index contributed by atoms with van der Waals surface area (Å²) in [5.41, 5.74) is 0.939. The average molecular weight is 300 g/mol. The van der Waals surface area contributed by atoms with Gasteiger partial charge in [-0.3, -0.25) is 4.79 Å². The lowest BCUT2D eigenvalue weighted by Gasteiger charge is -2.32. The van der Waals surface area contributed by atoms with Gasteiger partial charge in [0.25, 0.3) is 0 Å². The Bertz CT molecular complexity index is 541. The lowest BCUT2D eigenvalue weighted by Crippen LogP contribution is -2.51. The van der Waals surface area contributed by atoms with Crippen LogP contribution in [0.1, 0.15) is 25.0 Å². The molecule has 0 radical (unpaired) electrons. The second-order valence-corrected chi connectivity index (χ2v) is 6.94. The van der Waals surface area contributed by atoms with E-state index in [1.54, 1.807) is 12.5 Å². The van der Waals surface area contributed by atoms with Gasteiger partial charge in [-0.05, 0) is 12.8 Å². The molecule has 0 aliphatic carbocycles. The molecule has 1 atom stereocenters. The molecule has 0 saturated carbocycles. The molecule has 1 saturated heterocycles. The Morgan fingerprint density at radius 1 is 1.55 bits per heavy atom. The van der Waals surface area contributed by atoms with Gasteiger partial charge in [0.2, 0.25) is 15.9 Å². The van der Waals surface area contributed by atoms with Gasteiger partial charge >= 0.3 is 0 Å². The summed E-state index contributed by atoms with van der Waals surface area (Å²) in [5.74, 6) is -0.213. The molecule has 1 aliphatic heterocycles. The van der Waals surface area contributed by atoms with Crippen molar-refractivity contribution in [2.75, 3.05) is 19.3 Å². The highest BCUT2D eigenvalue weighted by Gasteiger charge is 2.34. The second kappa shape index (κ2) is 6.36. The van der Waals surface area contributed by atoms with Crippen molar-refractivity contribution in [3.63, 3.8) is 0 Å². The minimum Gasteiger partial charge on any atom is -0.354 e. The molecular formula is C12H20N4O3S. The Balaban J connectivity index is 1.89. The number of piperidine rings is 1. The zero-order valence-electron chi connectivity index (χ0n) is 11.5. The number of sulfonamides is 1. The van der Waals surface area contributed by atoms with Crippen molar-refractivity contribution in [1.82, 2.24) is 19.6 Å². The van der Waals surface area contributed by atoms with Gasteiger partial charge in [0.05, 0.1) is 12.6 Å². The summed E-state index contributed by atoms with van der Waals surface area (Å²) in [5, 5.41) is 2.80. The van der Waals surface area contributed by atoms with Gasteiger partial charge in [-0.15, -0.1) is 0 Å². The normalized spacial score (nSPS) is 20.8. The molecule has 8 heteroatoms. The molecule has 20 heavy (non-hydrogen) atoms. The molecule has 1 fully saturated rings.